The van der Waals surface area contributed by atoms with Gasteiger partial charge in [0.1, 0.15) is 11.3 Å². The average molecular weight is 220 g/mol. The van der Waals surface area contributed by atoms with Crippen molar-refractivity contribution < 1.29 is 9.90 Å². The van der Waals surface area contributed by atoms with Crippen molar-refractivity contribution in [1.29, 1.82) is 0 Å². The molecule has 1 fully saturated rings. The Labute approximate surface area is 94.7 Å². The minimum atomic E-state index is -0.751. The number of rotatable bonds is 2. The van der Waals surface area contributed by atoms with Crippen molar-refractivity contribution in [2.75, 3.05) is 13.6 Å². The molecule has 1 saturated heterocycles. The number of phenols is 1. The summed E-state index contributed by atoms with van der Waals surface area (Å²) >= 11 is 0. The van der Waals surface area contributed by atoms with Crippen molar-refractivity contribution in [2.45, 2.75) is 18.4 Å². The Kier molecular flexibility index (Phi) is 2.59. The third-order valence-corrected chi connectivity index (χ3v) is 3.42. The zero-order valence-corrected chi connectivity index (χ0v) is 9.31. The van der Waals surface area contributed by atoms with E-state index in [9.17, 15) is 9.90 Å². The number of amides is 1. The average Bonchev–Trinajstić information content (AvgIpc) is 2.61. The van der Waals surface area contributed by atoms with E-state index in [1.54, 1.807) is 18.2 Å². The number of hydrogen-bond acceptors (Lipinski definition) is 3. The molecule has 1 aliphatic heterocycles. The highest BCUT2D eigenvalue weighted by molar-refractivity contribution is 5.86. The zero-order chi connectivity index (χ0) is 11.8. The van der Waals surface area contributed by atoms with Gasteiger partial charge in [-0.3, -0.25) is 9.69 Å². The van der Waals surface area contributed by atoms with Crippen LogP contribution in [0.25, 0.3) is 0 Å². The molecule has 0 bridgehead atoms. The first-order chi connectivity index (χ1) is 7.57. The van der Waals surface area contributed by atoms with E-state index in [1.165, 1.54) is 0 Å². The van der Waals surface area contributed by atoms with Crippen molar-refractivity contribution in [3.63, 3.8) is 0 Å². The predicted octanol–water partition coefficient (Wildman–Crippen LogP) is 0.798. The van der Waals surface area contributed by atoms with Crippen LogP contribution in [0.5, 0.6) is 5.75 Å². The van der Waals surface area contributed by atoms with Crippen molar-refractivity contribution >= 4 is 5.91 Å². The van der Waals surface area contributed by atoms with Crippen LogP contribution in [0.15, 0.2) is 24.3 Å². The number of aromatic hydroxyl groups is 1. The highest BCUT2D eigenvalue weighted by Crippen LogP contribution is 2.38. The van der Waals surface area contributed by atoms with Gasteiger partial charge in [-0.15, -0.1) is 0 Å². The van der Waals surface area contributed by atoms with Gasteiger partial charge in [-0.1, -0.05) is 12.1 Å². The van der Waals surface area contributed by atoms with Gasteiger partial charge in [-0.2, -0.15) is 0 Å². The van der Waals surface area contributed by atoms with Crippen molar-refractivity contribution in [1.82, 2.24) is 4.90 Å². The number of hydrogen-bond donors (Lipinski definition) is 2. The van der Waals surface area contributed by atoms with Gasteiger partial charge in [0.2, 0.25) is 5.91 Å². The quantitative estimate of drug-likeness (QED) is 0.774. The summed E-state index contributed by atoms with van der Waals surface area (Å²) in [4.78, 5) is 13.7. The molecule has 3 N–H and O–H groups in total. The van der Waals surface area contributed by atoms with Gasteiger partial charge in [-0.05, 0) is 44.1 Å². The Hall–Kier alpha value is -1.55. The molecule has 86 valence electrons. The van der Waals surface area contributed by atoms with Crippen LogP contribution in [0.3, 0.4) is 0 Å². The normalized spacial score (nSPS) is 25.8. The minimum Gasteiger partial charge on any atom is -0.508 e. The largest absolute Gasteiger partial charge is 0.508 e. The maximum atomic E-state index is 11.7. The van der Waals surface area contributed by atoms with Crippen molar-refractivity contribution in [3.05, 3.63) is 29.8 Å². The first-order valence-electron chi connectivity index (χ1n) is 5.38. The molecule has 2 rings (SSSR count). The summed E-state index contributed by atoms with van der Waals surface area (Å²) in [5.41, 5.74) is 5.57. The van der Waals surface area contributed by atoms with Gasteiger partial charge in [0.25, 0.3) is 0 Å². The molecular formula is C12H16N2O2. The SMILES string of the molecule is CN1CCC[C@]1(C(N)=O)c1cccc(O)c1. The lowest BCUT2D eigenvalue weighted by Gasteiger charge is -2.33. The molecule has 0 saturated carbocycles. The van der Waals surface area contributed by atoms with Crippen LogP contribution in [-0.4, -0.2) is 29.5 Å². The second kappa shape index (κ2) is 3.79. The second-order valence-corrected chi connectivity index (χ2v) is 4.30. The molecule has 1 amide bonds. The van der Waals surface area contributed by atoms with Gasteiger partial charge in [0.15, 0.2) is 0 Å². The molecule has 4 nitrogen and oxygen atoms in total. The summed E-state index contributed by atoms with van der Waals surface area (Å²) in [7, 11) is 1.89. The molecule has 1 heterocycles. The molecule has 0 radical (unpaired) electrons. The number of benzene rings is 1. The summed E-state index contributed by atoms with van der Waals surface area (Å²) in [6, 6.07) is 6.79. The number of phenolic OH excluding ortho intramolecular Hbond substituents is 1. The van der Waals surface area contributed by atoms with E-state index in [0.29, 0.717) is 6.42 Å². The van der Waals surface area contributed by atoms with E-state index < -0.39 is 5.54 Å². The Morgan fingerprint density at radius 1 is 1.56 bits per heavy atom. The van der Waals surface area contributed by atoms with Crippen LogP contribution >= 0.6 is 0 Å². The third kappa shape index (κ3) is 1.46. The third-order valence-electron chi connectivity index (χ3n) is 3.42. The lowest BCUT2D eigenvalue weighted by Crippen LogP contribution is -2.49. The molecule has 1 atom stereocenters. The fraction of sp³-hybridized carbons (Fsp3) is 0.417. The van der Waals surface area contributed by atoms with Gasteiger partial charge in [-0.25, -0.2) is 0 Å². The molecule has 16 heavy (non-hydrogen) atoms. The Bertz CT molecular complexity index is 419. The number of likely N-dealkylation sites (N-methyl/N-ethyl adjacent to an activating group) is 1. The number of carbonyl (C=O) groups excluding carboxylic acids is 1. The first-order valence-corrected chi connectivity index (χ1v) is 5.38. The van der Waals surface area contributed by atoms with Gasteiger partial charge >= 0.3 is 0 Å². The number of carbonyl (C=O) groups is 1. The lowest BCUT2D eigenvalue weighted by atomic mass is 9.86. The first kappa shape index (κ1) is 11.0. The van der Waals surface area contributed by atoms with Gasteiger partial charge < -0.3 is 10.8 Å². The van der Waals surface area contributed by atoms with Gasteiger partial charge in [0, 0.05) is 0 Å². The molecule has 0 unspecified atom stereocenters. The summed E-state index contributed by atoms with van der Waals surface area (Å²) < 4.78 is 0. The molecule has 1 aliphatic rings. The van der Waals surface area contributed by atoms with Crippen LogP contribution in [0, 0.1) is 0 Å². The van der Waals surface area contributed by atoms with E-state index in [-0.39, 0.29) is 11.7 Å². The van der Waals surface area contributed by atoms with Crippen LogP contribution in [0.1, 0.15) is 18.4 Å². The van der Waals surface area contributed by atoms with E-state index >= 15 is 0 Å². The predicted molar refractivity (Wildman–Crippen MR) is 60.8 cm³/mol. The van der Waals surface area contributed by atoms with Crippen LogP contribution in [-0.2, 0) is 10.3 Å². The van der Waals surface area contributed by atoms with Gasteiger partial charge in [0.05, 0.1) is 0 Å². The standard InChI is InChI=1S/C12H16N2O2/c1-14-7-3-6-12(14,11(13)16)9-4-2-5-10(15)8-9/h2,4-5,8,15H,3,6-7H2,1H3,(H2,13,16)/t12-/m1/s1. The molecule has 1 aromatic rings. The molecule has 0 aromatic heterocycles. The van der Waals surface area contributed by atoms with Crippen LogP contribution in [0.4, 0.5) is 0 Å². The Morgan fingerprint density at radius 2 is 2.31 bits per heavy atom. The number of primary amides is 1. The zero-order valence-electron chi connectivity index (χ0n) is 9.31. The molecular weight excluding hydrogens is 204 g/mol. The Balaban J connectivity index is 2.52. The molecule has 0 spiro atoms. The van der Waals surface area contributed by atoms with Crippen LogP contribution < -0.4 is 5.73 Å². The smallest absolute Gasteiger partial charge is 0.242 e. The topological polar surface area (TPSA) is 66.6 Å². The fourth-order valence-corrected chi connectivity index (χ4v) is 2.54. The summed E-state index contributed by atoms with van der Waals surface area (Å²) in [6.45, 7) is 0.846. The summed E-state index contributed by atoms with van der Waals surface area (Å²) in [5, 5.41) is 9.49. The highest BCUT2D eigenvalue weighted by atomic mass is 16.3. The highest BCUT2D eigenvalue weighted by Gasteiger charge is 2.45. The van der Waals surface area contributed by atoms with E-state index in [2.05, 4.69) is 0 Å². The van der Waals surface area contributed by atoms with E-state index in [1.807, 2.05) is 18.0 Å². The van der Waals surface area contributed by atoms with Crippen molar-refractivity contribution in [3.8, 4) is 5.75 Å². The Morgan fingerprint density at radius 3 is 2.81 bits per heavy atom. The van der Waals surface area contributed by atoms with E-state index in [0.717, 1.165) is 18.5 Å². The fourth-order valence-electron chi connectivity index (χ4n) is 2.54. The van der Waals surface area contributed by atoms with Crippen LogP contribution in [0.2, 0.25) is 0 Å². The molecule has 0 aliphatic carbocycles. The van der Waals surface area contributed by atoms with E-state index in [4.69, 9.17) is 5.73 Å². The lowest BCUT2D eigenvalue weighted by molar-refractivity contribution is -0.128. The maximum Gasteiger partial charge on any atom is 0.242 e. The second-order valence-electron chi connectivity index (χ2n) is 4.30. The summed E-state index contributed by atoms with van der Waals surface area (Å²) in [6.07, 6.45) is 1.65. The van der Waals surface area contributed by atoms with Crippen molar-refractivity contribution in [2.24, 2.45) is 5.73 Å². The summed E-state index contributed by atoms with van der Waals surface area (Å²) in [5.74, 6) is -0.184. The molecule has 4 heteroatoms. The number of likely N-dealkylation sites (tertiary alicyclic amines) is 1. The number of nitrogens with zero attached hydrogens (tertiary/aromatic N) is 1. The maximum absolute atomic E-state index is 11.7. The minimum absolute atomic E-state index is 0.165. The molecule has 1 aromatic carbocycles. The monoisotopic (exact) mass is 220 g/mol. The number of nitrogens with two attached hydrogens (primary N) is 1.